The molecular weight excluding hydrogens is 202 g/mol. The zero-order chi connectivity index (χ0) is 11.0. The highest BCUT2D eigenvalue weighted by molar-refractivity contribution is 5.77. The van der Waals surface area contributed by atoms with Crippen LogP contribution in [0, 0.1) is 0 Å². The molecule has 0 spiro atoms. The van der Waals surface area contributed by atoms with Crippen molar-refractivity contribution in [3.8, 4) is 5.75 Å². The number of carbonyl (C=O) groups is 1. The van der Waals surface area contributed by atoms with Gasteiger partial charge in [-0.15, -0.1) is 0 Å². The summed E-state index contributed by atoms with van der Waals surface area (Å²) in [6.07, 6.45) is -1.79. The highest BCUT2D eigenvalue weighted by Crippen LogP contribution is 2.23. The van der Waals surface area contributed by atoms with Gasteiger partial charge in [-0.25, -0.2) is 9.78 Å². The third kappa shape index (κ3) is 1.62. The fraction of sp³-hybridized carbons (Fsp3) is 0.111. The number of aliphatic hydroxyl groups is 1. The van der Waals surface area contributed by atoms with Crippen LogP contribution in [0.2, 0.25) is 0 Å². The summed E-state index contributed by atoms with van der Waals surface area (Å²) in [7, 11) is 0. The molecule has 1 heterocycles. The number of hydrogen-bond acceptors (Lipinski definition) is 5. The second-order valence-corrected chi connectivity index (χ2v) is 2.94. The highest BCUT2D eigenvalue weighted by atomic mass is 16.4. The van der Waals surface area contributed by atoms with Crippen molar-refractivity contribution in [2.75, 3.05) is 0 Å². The Labute approximate surface area is 83.4 Å². The molecule has 0 fully saturated rings. The maximum Gasteiger partial charge on any atom is 0.342 e. The average molecular weight is 209 g/mol. The molecule has 0 bridgehead atoms. The van der Waals surface area contributed by atoms with E-state index in [0.29, 0.717) is 5.52 Å². The van der Waals surface area contributed by atoms with Crippen molar-refractivity contribution in [2.24, 2.45) is 0 Å². The minimum Gasteiger partial charge on any atom is -0.508 e. The molecule has 1 aromatic heterocycles. The van der Waals surface area contributed by atoms with Crippen molar-refractivity contribution in [2.45, 2.75) is 6.10 Å². The summed E-state index contributed by atoms with van der Waals surface area (Å²) in [6.45, 7) is 0. The molecule has 0 aliphatic rings. The van der Waals surface area contributed by atoms with E-state index in [0.717, 1.165) is 0 Å². The summed E-state index contributed by atoms with van der Waals surface area (Å²) in [5.74, 6) is -1.76. The van der Waals surface area contributed by atoms with E-state index in [2.05, 4.69) is 4.98 Å². The molecule has 2 aromatic rings. The number of hydrogen-bond donors (Lipinski definition) is 3. The molecule has 78 valence electrons. The molecule has 0 aliphatic heterocycles. The van der Waals surface area contributed by atoms with E-state index in [-0.39, 0.29) is 17.2 Å². The van der Waals surface area contributed by atoms with Crippen molar-refractivity contribution in [3.63, 3.8) is 0 Å². The Kier molecular flexibility index (Phi) is 2.05. The number of aromatic nitrogens is 1. The summed E-state index contributed by atoms with van der Waals surface area (Å²) < 4.78 is 4.97. The summed E-state index contributed by atoms with van der Waals surface area (Å²) in [4.78, 5) is 14.2. The molecule has 6 heteroatoms. The predicted octanol–water partition coefficient (Wildman–Crippen LogP) is 0.651. The summed E-state index contributed by atoms with van der Waals surface area (Å²) >= 11 is 0. The van der Waals surface area contributed by atoms with Gasteiger partial charge in [0.2, 0.25) is 12.0 Å². The number of aliphatic carboxylic acids is 1. The van der Waals surface area contributed by atoms with Gasteiger partial charge in [0.1, 0.15) is 11.3 Å². The van der Waals surface area contributed by atoms with Crippen molar-refractivity contribution in [3.05, 3.63) is 24.1 Å². The van der Waals surface area contributed by atoms with Gasteiger partial charge in [0.15, 0.2) is 5.58 Å². The van der Waals surface area contributed by atoms with Crippen LogP contribution >= 0.6 is 0 Å². The maximum atomic E-state index is 10.4. The molecule has 1 aromatic carbocycles. The first kappa shape index (κ1) is 9.47. The third-order valence-corrected chi connectivity index (χ3v) is 1.86. The van der Waals surface area contributed by atoms with Crippen molar-refractivity contribution in [1.29, 1.82) is 0 Å². The standard InChI is InChI=1S/C9H7NO5/c11-4-1-2-5-6(3-4)15-8(10-5)7(12)9(13)14/h1-3,7,11-12H,(H,13,14). The lowest BCUT2D eigenvalue weighted by molar-refractivity contribution is -0.148. The first-order valence-electron chi connectivity index (χ1n) is 4.08. The fourth-order valence-electron chi connectivity index (χ4n) is 1.15. The number of aliphatic hydroxyl groups excluding tert-OH is 1. The molecule has 3 N–H and O–H groups in total. The van der Waals surface area contributed by atoms with Gasteiger partial charge in [0, 0.05) is 6.07 Å². The summed E-state index contributed by atoms with van der Waals surface area (Å²) in [6, 6.07) is 4.15. The van der Waals surface area contributed by atoms with Gasteiger partial charge in [-0.1, -0.05) is 0 Å². The Bertz CT molecular complexity index is 518. The number of benzene rings is 1. The lowest BCUT2D eigenvalue weighted by Crippen LogP contribution is -2.10. The number of carboxylic acids is 1. The van der Waals surface area contributed by atoms with E-state index >= 15 is 0 Å². The second kappa shape index (κ2) is 3.25. The van der Waals surface area contributed by atoms with Gasteiger partial charge < -0.3 is 19.7 Å². The van der Waals surface area contributed by atoms with Gasteiger partial charge in [-0.05, 0) is 12.1 Å². The molecule has 0 amide bonds. The molecule has 0 saturated heterocycles. The van der Waals surface area contributed by atoms with E-state index in [1.807, 2.05) is 0 Å². The van der Waals surface area contributed by atoms with Crippen LogP contribution in [0.3, 0.4) is 0 Å². The fourth-order valence-corrected chi connectivity index (χ4v) is 1.15. The molecule has 0 radical (unpaired) electrons. The maximum absolute atomic E-state index is 10.4. The topological polar surface area (TPSA) is 104 Å². The highest BCUT2D eigenvalue weighted by Gasteiger charge is 2.22. The Morgan fingerprint density at radius 1 is 1.47 bits per heavy atom. The van der Waals surface area contributed by atoms with Crippen LogP contribution in [0.4, 0.5) is 0 Å². The van der Waals surface area contributed by atoms with Crippen LogP contribution in [-0.2, 0) is 4.79 Å². The SMILES string of the molecule is O=C(O)C(O)c1nc2ccc(O)cc2o1. The quantitative estimate of drug-likeness (QED) is 0.670. The van der Waals surface area contributed by atoms with Gasteiger partial charge in [0.25, 0.3) is 0 Å². The number of carboxylic acid groups (broad SMARTS) is 1. The largest absolute Gasteiger partial charge is 0.508 e. The van der Waals surface area contributed by atoms with Crippen LogP contribution in [0.1, 0.15) is 12.0 Å². The zero-order valence-electron chi connectivity index (χ0n) is 7.41. The minimum absolute atomic E-state index is 0.0185. The van der Waals surface area contributed by atoms with E-state index in [9.17, 15) is 4.79 Å². The van der Waals surface area contributed by atoms with E-state index in [4.69, 9.17) is 19.7 Å². The Balaban J connectivity index is 2.51. The Hall–Kier alpha value is -2.08. The third-order valence-electron chi connectivity index (χ3n) is 1.86. The van der Waals surface area contributed by atoms with Crippen LogP contribution in [0.5, 0.6) is 5.75 Å². The van der Waals surface area contributed by atoms with Gasteiger partial charge in [-0.3, -0.25) is 0 Å². The molecular formula is C9H7NO5. The number of rotatable bonds is 2. The van der Waals surface area contributed by atoms with Crippen molar-refractivity contribution in [1.82, 2.24) is 4.98 Å². The molecule has 1 atom stereocenters. The number of fused-ring (bicyclic) bond motifs is 1. The molecule has 0 saturated carbocycles. The van der Waals surface area contributed by atoms with Crippen LogP contribution in [-0.4, -0.2) is 26.3 Å². The van der Waals surface area contributed by atoms with Crippen molar-refractivity contribution < 1.29 is 24.5 Å². The van der Waals surface area contributed by atoms with Gasteiger partial charge >= 0.3 is 5.97 Å². The van der Waals surface area contributed by atoms with Crippen LogP contribution in [0.15, 0.2) is 22.6 Å². The minimum atomic E-state index is -1.79. The van der Waals surface area contributed by atoms with Crippen LogP contribution < -0.4 is 0 Å². The summed E-state index contributed by atoms with van der Waals surface area (Å²) in [5, 5.41) is 26.8. The number of oxazole rings is 1. The first-order valence-corrected chi connectivity index (χ1v) is 4.08. The smallest absolute Gasteiger partial charge is 0.342 e. The first-order chi connectivity index (χ1) is 7.08. The summed E-state index contributed by atoms with van der Waals surface area (Å²) in [5.41, 5.74) is 0.605. The van der Waals surface area contributed by atoms with Crippen LogP contribution in [0.25, 0.3) is 11.1 Å². The Morgan fingerprint density at radius 3 is 2.87 bits per heavy atom. The molecule has 15 heavy (non-hydrogen) atoms. The normalized spacial score (nSPS) is 12.9. The second-order valence-electron chi connectivity index (χ2n) is 2.94. The molecule has 1 unspecified atom stereocenters. The van der Waals surface area contributed by atoms with Gasteiger partial charge in [0.05, 0.1) is 0 Å². The Morgan fingerprint density at radius 2 is 2.20 bits per heavy atom. The number of aromatic hydroxyl groups is 1. The predicted molar refractivity (Wildman–Crippen MR) is 48.3 cm³/mol. The molecule has 0 aliphatic carbocycles. The van der Waals surface area contributed by atoms with Gasteiger partial charge in [-0.2, -0.15) is 0 Å². The number of nitrogens with zero attached hydrogens (tertiary/aromatic N) is 1. The number of phenols is 1. The molecule has 6 nitrogen and oxygen atoms in total. The lowest BCUT2D eigenvalue weighted by atomic mass is 10.3. The van der Waals surface area contributed by atoms with Crippen molar-refractivity contribution >= 4 is 17.1 Å². The zero-order valence-corrected chi connectivity index (χ0v) is 7.41. The lowest BCUT2D eigenvalue weighted by Gasteiger charge is -1.96. The number of phenolic OH excluding ortho intramolecular Hbond substituents is 1. The van der Waals surface area contributed by atoms with E-state index < -0.39 is 12.1 Å². The monoisotopic (exact) mass is 209 g/mol. The molecule has 2 rings (SSSR count). The van der Waals surface area contributed by atoms with E-state index in [1.54, 1.807) is 0 Å². The average Bonchev–Trinajstić information content (AvgIpc) is 2.58. The van der Waals surface area contributed by atoms with E-state index in [1.165, 1.54) is 18.2 Å².